The fourth-order valence-corrected chi connectivity index (χ4v) is 2.86. The maximum atomic E-state index is 12.7. The number of aromatic nitrogens is 1. The van der Waals surface area contributed by atoms with Gasteiger partial charge in [-0.25, -0.2) is 0 Å². The van der Waals surface area contributed by atoms with Gasteiger partial charge in [-0.15, -0.1) is 0 Å². The summed E-state index contributed by atoms with van der Waals surface area (Å²) in [7, 11) is 3.02. The van der Waals surface area contributed by atoms with E-state index in [1.807, 2.05) is 31.2 Å². The molecule has 0 aliphatic heterocycles. The van der Waals surface area contributed by atoms with Gasteiger partial charge in [0.25, 0.3) is 11.7 Å². The van der Waals surface area contributed by atoms with Crippen molar-refractivity contribution in [1.82, 2.24) is 4.57 Å². The van der Waals surface area contributed by atoms with Gasteiger partial charge >= 0.3 is 0 Å². The van der Waals surface area contributed by atoms with Gasteiger partial charge in [-0.3, -0.25) is 9.59 Å². The van der Waals surface area contributed by atoms with Crippen LogP contribution >= 0.6 is 0 Å². The first-order valence-corrected chi connectivity index (χ1v) is 8.80. The van der Waals surface area contributed by atoms with E-state index < -0.39 is 11.7 Å². The SMILES string of the molecule is COc1ccc(OC)c(NC(=O)C(=O)c2cccn2Cc2ccc(C)cc2)c1. The Morgan fingerprint density at radius 1 is 1.00 bits per heavy atom. The zero-order valence-electron chi connectivity index (χ0n) is 16.1. The summed E-state index contributed by atoms with van der Waals surface area (Å²) in [5.74, 6) is -0.374. The molecule has 0 bridgehead atoms. The molecule has 0 saturated heterocycles. The molecule has 0 unspecified atom stereocenters. The summed E-state index contributed by atoms with van der Waals surface area (Å²) in [6, 6.07) is 16.4. The number of carbonyl (C=O) groups excluding carboxylic acids is 2. The highest BCUT2D eigenvalue weighted by Gasteiger charge is 2.21. The van der Waals surface area contributed by atoms with Crippen molar-refractivity contribution in [2.75, 3.05) is 19.5 Å². The number of Topliss-reactive ketones (excluding diaryl/α,β-unsaturated/α-hetero) is 1. The lowest BCUT2D eigenvalue weighted by atomic mass is 10.1. The number of anilines is 1. The van der Waals surface area contributed by atoms with Crippen LogP contribution in [-0.4, -0.2) is 30.5 Å². The largest absolute Gasteiger partial charge is 0.497 e. The van der Waals surface area contributed by atoms with E-state index in [0.717, 1.165) is 5.56 Å². The Morgan fingerprint density at radius 2 is 1.75 bits per heavy atom. The van der Waals surface area contributed by atoms with Crippen molar-refractivity contribution in [3.63, 3.8) is 0 Å². The van der Waals surface area contributed by atoms with Gasteiger partial charge < -0.3 is 19.4 Å². The molecule has 0 saturated carbocycles. The molecule has 0 aliphatic rings. The monoisotopic (exact) mass is 378 g/mol. The second-order valence-electron chi connectivity index (χ2n) is 6.36. The summed E-state index contributed by atoms with van der Waals surface area (Å²) < 4.78 is 12.2. The van der Waals surface area contributed by atoms with Crippen molar-refractivity contribution in [3.05, 3.63) is 77.6 Å². The Bertz CT molecular complexity index is 990. The van der Waals surface area contributed by atoms with Crippen molar-refractivity contribution in [2.45, 2.75) is 13.5 Å². The summed E-state index contributed by atoms with van der Waals surface area (Å²) in [6.07, 6.45) is 1.78. The molecular weight excluding hydrogens is 356 g/mol. The molecular formula is C22H22N2O4. The first-order valence-electron chi connectivity index (χ1n) is 8.80. The minimum atomic E-state index is -0.740. The van der Waals surface area contributed by atoms with Crippen LogP contribution in [0.2, 0.25) is 0 Å². The number of amides is 1. The molecule has 0 aliphatic carbocycles. The van der Waals surface area contributed by atoms with Crippen molar-refractivity contribution in [3.8, 4) is 11.5 Å². The first-order chi connectivity index (χ1) is 13.5. The number of ketones is 1. The third kappa shape index (κ3) is 4.23. The van der Waals surface area contributed by atoms with Crippen LogP contribution in [0.15, 0.2) is 60.8 Å². The number of nitrogens with zero attached hydrogens (tertiary/aromatic N) is 1. The van der Waals surface area contributed by atoms with Crippen LogP contribution < -0.4 is 14.8 Å². The first kappa shape index (κ1) is 19.2. The van der Waals surface area contributed by atoms with Gasteiger partial charge in [-0.1, -0.05) is 29.8 Å². The van der Waals surface area contributed by atoms with Crippen molar-refractivity contribution >= 4 is 17.4 Å². The number of hydrogen-bond acceptors (Lipinski definition) is 4. The van der Waals surface area contributed by atoms with E-state index in [9.17, 15) is 9.59 Å². The average molecular weight is 378 g/mol. The Morgan fingerprint density at radius 3 is 2.43 bits per heavy atom. The lowest BCUT2D eigenvalue weighted by molar-refractivity contribution is -0.112. The average Bonchev–Trinajstić information content (AvgIpc) is 3.17. The molecule has 28 heavy (non-hydrogen) atoms. The molecule has 3 rings (SSSR count). The van der Waals surface area contributed by atoms with E-state index in [1.165, 1.54) is 19.8 Å². The molecule has 0 radical (unpaired) electrons. The highest BCUT2D eigenvalue weighted by Crippen LogP contribution is 2.29. The number of carbonyl (C=O) groups is 2. The number of hydrogen-bond donors (Lipinski definition) is 1. The molecule has 6 heteroatoms. The minimum Gasteiger partial charge on any atom is -0.497 e. The van der Waals surface area contributed by atoms with Crippen molar-refractivity contribution in [2.24, 2.45) is 0 Å². The summed E-state index contributed by atoms with van der Waals surface area (Å²) in [5, 5.41) is 2.62. The molecule has 2 aromatic carbocycles. The predicted molar refractivity (Wildman–Crippen MR) is 107 cm³/mol. The van der Waals surface area contributed by atoms with E-state index in [0.29, 0.717) is 29.4 Å². The van der Waals surface area contributed by atoms with E-state index >= 15 is 0 Å². The lowest BCUT2D eigenvalue weighted by Gasteiger charge is -2.12. The minimum absolute atomic E-state index is 0.319. The number of aryl methyl sites for hydroxylation is 1. The van der Waals surface area contributed by atoms with Crippen LogP contribution in [0.1, 0.15) is 21.6 Å². The Hall–Kier alpha value is -3.54. The molecule has 0 spiro atoms. The van der Waals surface area contributed by atoms with Crippen LogP contribution in [-0.2, 0) is 11.3 Å². The predicted octanol–water partition coefficient (Wildman–Crippen LogP) is 3.68. The van der Waals surface area contributed by atoms with Gasteiger partial charge in [0.1, 0.15) is 11.5 Å². The maximum absolute atomic E-state index is 12.7. The summed E-state index contributed by atoms with van der Waals surface area (Å²) in [6.45, 7) is 2.52. The second-order valence-corrected chi connectivity index (χ2v) is 6.36. The molecule has 1 aromatic heterocycles. The molecule has 3 aromatic rings. The van der Waals surface area contributed by atoms with Crippen LogP contribution in [0.3, 0.4) is 0 Å². The topological polar surface area (TPSA) is 69.6 Å². The number of rotatable bonds is 7. The Labute approximate surface area is 163 Å². The van der Waals surface area contributed by atoms with Gasteiger partial charge in [-0.05, 0) is 36.8 Å². The van der Waals surface area contributed by atoms with Crippen molar-refractivity contribution in [1.29, 1.82) is 0 Å². The van der Waals surface area contributed by atoms with Crippen LogP contribution in [0.4, 0.5) is 5.69 Å². The number of nitrogens with one attached hydrogen (secondary N) is 1. The highest BCUT2D eigenvalue weighted by molar-refractivity contribution is 6.46. The van der Waals surface area contributed by atoms with Gasteiger partial charge in [0.15, 0.2) is 0 Å². The molecule has 1 N–H and O–H groups in total. The fraction of sp³-hybridized carbons (Fsp3) is 0.182. The van der Waals surface area contributed by atoms with E-state index in [1.54, 1.807) is 41.1 Å². The lowest BCUT2D eigenvalue weighted by Crippen LogP contribution is -2.25. The quantitative estimate of drug-likeness (QED) is 0.503. The summed E-state index contributed by atoms with van der Waals surface area (Å²) in [5.41, 5.74) is 2.90. The van der Waals surface area contributed by atoms with Gasteiger partial charge in [0.2, 0.25) is 0 Å². The van der Waals surface area contributed by atoms with Gasteiger partial charge in [0.05, 0.1) is 25.6 Å². The number of methoxy groups -OCH3 is 2. The van der Waals surface area contributed by atoms with Gasteiger partial charge in [-0.2, -0.15) is 0 Å². The number of ether oxygens (including phenoxy) is 2. The summed E-state index contributed by atoms with van der Waals surface area (Å²) in [4.78, 5) is 25.3. The van der Waals surface area contributed by atoms with Gasteiger partial charge in [0, 0.05) is 18.8 Å². The standard InChI is InChI=1S/C22H22N2O4/c1-15-6-8-16(9-7-15)14-24-12-4-5-19(24)21(25)22(26)23-18-13-17(27-2)10-11-20(18)28-3/h4-13H,14H2,1-3H3,(H,23,26). The Kier molecular flexibility index (Phi) is 5.79. The third-order valence-electron chi connectivity index (χ3n) is 4.40. The van der Waals surface area contributed by atoms with E-state index in [4.69, 9.17) is 9.47 Å². The van der Waals surface area contributed by atoms with Crippen LogP contribution in [0.25, 0.3) is 0 Å². The molecule has 0 atom stereocenters. The zero-order chi connectivity index (χ0) is 20.1. The normalized spacial score (nSPS) is 10.4. The second kappa shape index (κ2) is 8.43. The van der Waals surface area contributed by atoms with E-state index in [2.05, 4.69) is 5.32 Å². The molecule has 6 nitrogen and oxygen atoms in total. The molecule has 0 fully saturated rings. The van der Waals surface area contributed by atoms with E-state index in [-0.39, 0.29) is 0 Å². The smallest absolute Gasteiger partial charge is 0.298 e. The molecule has 1 amide bonds. The molecule has 1 heterocycles. The van der Waals surface area contributed by atoms with Crippen LogP contribution in [0, 0.1) is 6.92 Å². The Balaban J connectivity index is 1.79. The van der Waals surface area contributed by atoms with Crippen LogP contribution in [0.5, 0.6) is 11.5 Å². The zero-order valence-corrected chi connectivity index (χ0v) is 16.1. The number of benzene rings is 2. The summed E-state index contributed by atoms with van der Waals surface area (Å²) >= 11 is 0. The molecule has 144 valence electrons. The fourth-order valence-electron chi connectivity index (χ4n) is 2.86. The van der Waals surface area contributed by atoms with Crippen molar-refractivity contribution < 1.29 is 19.1 Å². The third-order valence-corrected chi connectivity index (χ3v) is 4.40. The maximum Gasteiger partial charge on any atom is 0.298 e. The highest BCUT2D eigenvalue weighted by atomic mass is 16.5.